The zero-order chi connectivity index (χ0) is 12.8. The summed E-state index contributed by atoms with van der Waals surface area (Å²) < 4.78 is 0. The molecule has 0 aliphatic carbocycles. The number of carbonyl (C=O) groups excluding carboxylic acids is 2. The molecule has 17 heavy (non-hydrogen) atoms. The Labute approximate surface area is 105 Å². The minimum Gasteiger partial charge on any atom is -0.390 e. The molecule has 0 aliphatic heterocycles. The van der Waals surface area contributed by atoms with Crippen LogP contribution in [0.5, 0.6) is 0 Å². The molecule has 1 aromatic carbocycles. The largest absolute Gasteiger partial charge is 0.390 e. The lowest BCUT2D eigenvalue weighted by molar-refractivity contribution is 0.0166. The van der Waals surface area contributed by atoms with Gasteiger partial charge < -0.3 is 10.2 Å². The lowest BCUT2D eigenvalue weighted by atomic mass is 9.93. The summed E-state index contributed by atoms with van der Waals surface area (Å²) in [6.45, 7) is 0. The van der Waals surface area contributed by atoms with Crippen molar-refractivity contribution in [2.24, 2.45) is 0 Å². The van der Waals surface area contributed by atoms with E-state index >= 15 is 0 Å². The molecule has 0 aromatic heterocycles. The van der Waals surface area contributed by atoms with Gasteiger partial charge in [0.15, 0.2) is 0 Å². The predicted molar refractivity (Wildman–Crippen MR) is 66.7 cm³/mol. The fourth-order valence-corrected chi connectivity index (χ4v) is 1.90. The van der Waals surface area contributed by atoms with Gasteiger partial charge in [-0.2, -0.15) is 12.6 Å². The summed E-state index contributed by atoms with van der Waals surface area (Å²) in [5.74, 6) is 0.401. The van der Waals surface area contributed by atoms with E-state index in [0.29, 0.717) is 18.3 Å². The molecule has 2 unspecified atom stereocenters. The topological polar surface area (TPSA) is 74.6 Å². The first-order chi connectivity index (χ1) is 8.15. The van der Waals surface area contributed by atoms with E-state index in [1.807, 2.05) is 0 Å². The van der Waals surface area contributed by atoms with Gasteiger partial charge in [-0.25, -0.2) is 0 Å². The molecule has 2 N–H and O–H groups in total. The van der Waals surface area contributed by atoms with Crippen molar-refractivity contribution in [2.45, 2.75) is 18.6 Å². The molecule has 0 aliphatic rings. The molecule has 0 heterocycles. The van der Waals surface area contributed by atoms with Crippen LogP contribution >= 0.6 is 12.6 Å². The minimum absolute atomic E-state index is 0.173. The van der Waals surface area contributed by atoms with Gasteiger partial charge in [-0.1, -0.05) is 18.2 Å². The smallest absolute Gasteiger partial charge is 0.150 e. The molecular formula is C12H14O4S. The van der Waals surface area contributed by atoms with Gasteiger partial charge in [0.2, 0.25) is 0 Å². The maximum atomic E-state index is 10.9. The van der Waals surface area contributed by atoms with Crippen molar-refractivity contribution >= 4 is 25.2 Å². The number of aliphatic hydroxyl groups excluding tert-OH is 2. The van der Waals surface area contributed by atoms with Crippen molar-refractivity contribution in [1.29, 1.82) is 0 Å². The zero-order valence-corrected chi connectivity index (χ0v) is 10.0. The van der Waals surface area contributed by atoms with Gasteiger partial charge in [0.1, 0.15) is 18.7 Å². The van der Waals surface area contributed by atoms with Gasteiger partial charge in [0.05, 0.1) is 6.10 Å². The number of thiol groups is 1. The number of hydrogen-bond acceptors (Lipinski definition) is 5. The number of aliphatic hydroxyl groups is 2. The van der Waals surface area contributed by atoms with Crippen molar-refractivity contribution in [1.82, 2.24) is 0 Å². The normalized spacial score (nSPS) is 14.1. The average molecular weight is 254 g/mol. The van der Waals surface area contributed by atoms with Gasteiger partial charge in [-0.05, 0) is 12.2 Å². The van der Waals surface area contributed by atoms with E-state index in [0.717, 1.165) is 0 Å². The van der Waals surface area contributed by atoms with Crippen LogP contribution in [0.2, 0.25) is 0 Å². The summed E-state index contributed by atoms with van der Waals surface area (Å²) >= 11 is 3.95. The second-order valence-corrected chi connectivity index (χ2v) is 4.06. The molecule has 1 aromatic rings. The summed E-state index contributed by atoms with van der Waals surface area (Å²) in [5.41, 5.74) is 0.590. The highest BCUT2D eigenvalue weighted by Crippen LogP contribution is 2.25. The van der Waals surface area contributed by atoms with Crippen molar-refractivity contribution in [3.8, 4) is 0 Å². The summed E-state index contributed by atoms with van der Waals surface area (Å²) in [6.07, 6.45) is -0.927. The second-order valence-electron chi connectivity index (χ2n) is 3.61. The molecule has 0 radical (unpaired) electrons. The third-order valence-corrected chi connectivity index (χ3v) is 2.77. The van der Waals surface area contributed by atoms with Gasteiger partial charge in [-0.3, -0.25) is 9.59 Å². The highest BCUT2D eigenvalue weighted by Gasteiger charge is 2.23. The van der Waals surface area contributed by atoms with Crippen molar-refractivity contribution < 1.29 is 19.8 Å². The Morgan fingerprint density at radius 1 is 1.18 bits per heavy atom. The van der Waals surface area contributed by atoms with Gasteiger partial charge >= 0.3 is 0 Å². The Hall–Kier alpha value is -1.17. The fourth-order valence-electron chi connectivity index (χ4n) is 1.63. The molecular weight excluding hydrogens is 240 g/mol. The standard InChI is InChI=1S/C12H14O4S/c13-6-8-2-1-3-9(7-14)11(8)12(16)10(15)4-5-17/h1-3,6-7,10,12,15-17H,4-5H2. The molecule has 0 saturated carbocycles. The van der Waals surface area contributed by atoms with E-state index in [-0.39, 0.29) is 23.1 Å². The molecule has 4 nitrogen and oxygen atoms in total. The molecule has 1 rings (SSSR count). The van der Waals surface area contributed by atoms with Crippen molar-refractivity contribution in [3.05, 3.63) is 34.9 Å². The minimum atomic E-state index is -1.26. The number of benzene rings is 1. The van der Waals surface area contributed by atoms with Crippen LogP contribution in [0.4, 0.5) is 0 Å². The highest BCUT2D eigenvalue weighted by molar-refractivity contribution is 7.80. The van der Waals surface area contributed by atoms with E-state index < -0.39 is 12.2 Å². The van der Waals surface area contributed by atoms with E-state index in [2.05, 4.69) is 12.6 Å². The van der Waals surface area contributed by atoms with Crippen LogP contribution in [0.3, 0.4) is 0 Å². The molecule has 0 saturated heterocycles. The van der Waals surface area contributed by atoms with Crippen LogP contribution in [0.1, 0.15) is 38.8 Å². The summed E-state index contributed by atoms with van der Waals surface area (Å²) in [4.78, 5) is 21.7. The molecule has 0 bridgehead atoms. The first-order valence-electron chi connectivity index (χ1n) is 5.16. The van der Waals surface area contributed by atoms with Crippen molar-refractivity contribution in [2.75, 3.05) is 5.75 Å². The number of carbonyl (C=O) groups is 2. The van der Waals surface area contributed by atoms with Gasteiger partial charge in [-0.15, -0.1) is 0 Å². The second kappa shape index (κ2) is 6.54. The van der Waals surface area contributed by atoms with Crippen LogP contribution in [0.25, 0.3) is 0 Å². The molecule has 0 spiro atoms. The van der Waals surface area contributed by atoms with E-state index in [1.54, 1.807) is 6.07 Å². The van der Waals surface area contributed by atoms with Gasteiger partial charge in [0, 0.05) is 16.7 Å². The van der Waals surface area contributed by atoms with Crippen LogP contribution in [-0.4, -0.2) is 34.6 Å². The van der Waals surface area contributed by atoms with Crippen LogP contribution in [0.15, 0.2) is 18.2 Å². The Kier molecular flexibility index (Phi) is 5.34. The third-order valence-electron chi connectivity index (χ3n) is 2.51. The molecule has 2 atom stereocenters. The lowest BCUT2D eigenvalue weighted by Crippen LogP contribution is -2.21. The van der Waals surface area contributed by atoms with E-state index in [9.17, 15) is 19.8 Å². The first-order valence-corrected chi connectivity index (χ1v) is 5.79. The molecule has 5 heteroatoms. The summed E-state index contributed by atoms with van der Waals surface area (Å²) in [6, 6.07) is 4.53. The Bertz CT molecular complexity index is 379. The predicted octanol–water partition coefficient (Wildman–Crippen LogP) is 1.03. The quantitative estimate of drug-likeness (QED) is 0.523. The first kappa shape index (κ1) is 13.9. The number of aldehydes is 2. The van der Waals surface area contributed by atoms with Crippen LogP contribution < -0.4 is 0 Å². The molecule has 92 valence electrons. The molecule has 0 amide bonds. The van der Waals surface area contributed by atoms with Crippen molar-refractivity contribution in [3.63, 3.8) is 0 Å². The Morgan fingerprint density at radius 2 is 1.71 bits per heavy atom. The maximum absolute atomic E-state index is 10.9. The summed E-state index contributed by atoms with van der Waals surface area (Å²) in [7, 11) is 0. The Morgan fingerprint density at radius 3 is 2.12 bits per heavy atom. The van der Waals surface area contributed by atoms with E-state index in [1.165, 1.54) is 12.1 Å². The Balaban J connectivity index is 3.17. The summed E-state index contributed by atoms with van der Waals surface area (Å²) in [5, 5.41) is 19.6. The maximum Gasteiger partial charge on any atom is 0.150 e. The van der Waals surface area contributed by atoms with Crippen LogP contribution in [0, 0.1) is 0 Å². The fraction of sp³-hybridized carbons (Fsp3) is 0.333. The lowest BCUT2D eigenvalue weighted by Gasteiger charge is -2.20. The highest BCUT2D eigenvalue weighted by atomic mass is 32.1. The monoisotopic (exact) mass is 254 g/mol. The SMILES string of the molecule is O=Cc1cccc(C=O)c1C(O)C(O)CCS. The van der Waals surface area contributed by atoms with E-state index in [4.69, 9.17) is 0 Å². The number of rotatable bonds is 6. The van der Waals surface area contributed by atoms with Gasteiger partial charge in [0.25, 0.3) is 0 Å². The third kappa shape index (κ3) is 3.15. The average Bonchev–Trinajstić information content (AvgIpc) is 2.37. The number of hydrogen-bond donors (Lipinski definition) is 3. The zero-order valence-electron chi connectivity index (χ0n) is 9.11. The molecule has 0 fully saturated rings. The van der Waals surface area contributed by atoms with Crippen LogP contribution in [-0.2, 0) is 0 Å².